The second-order valence-electron chi connectivity index (χ2n) is 6.02. The van der Waals surface area contributed by atoms with E-state index in [2.05, 4.69) is 0 Å². The van der Waals surface area contributed by atoms with Gasteiger partial charge in [-0.25, -0.2) is 4.79 Å². The van der Waals surface area contributed by atoms with Gasteiger partial charge in [-0.05, 0) is 29.8 Å². The Labute approximate surface area is 162 Å². The molecule has 1 heterocycles. The summed E-state index contributed by atoms with van der Waals surface area (Å²) < 4.78 is 41.4. The number of urea groups is 1. The molecule has 1 saturated heterocycles. The normalized spacial score (nSPS) is 19.5. The average molecular weight is 412 g/mol. The lowest BCUT2D eigenvalue weighted by Crippen LogP contribution is -2.69. The molecule has 4 amide bonds. The van der Waals surface area contributed by atoms with Crippen molar-refractivity contribution in [3.63, 3.8) is 0 Å². The van der Waals surface area contributed by atoms with Gasteiger partial charge in [0.15, 0.2) is 0 Å². The molecule has 0 spiro atoms. The molecule has 0 aromatic heterocycles. The number of nitrogens with zero attached hydrogens (tertiary/aromatic N) is 1. The molecule has 3 rings (SSSR count). The quantitative estimate of drug-likeness (QED) is 0.759. The summed E-state index contributed by atoms with van der Waals surface area (Å²) in [4.78, 5) is 37.4. The van der Waals surface area contributed by atoms with Gasteiger partial charge in [-0.15, -0.1) is 0 Å². The minimum absolute atomic E-state index is 0.156. The van der Waals surface area contributed by atoms with E-state index in [1.54, 1.807) is 41.0 Å². The van der Waals surface area contributed by atoms with E-state index in [4.69, 9.17) is 11.6 Å². The van der Waals surface area contributed by atoms with Gasteiger partial charge in [0, 0.05) is 10.6 Å². The Morgan fingerprint density at radius 1 is 1.07 bits per heavy atom. The van der Waals surface area contributed by atoms with Crippen molar-refractivity contribution in [2.24, 2.45) is 0 Å². The maximum absolute atomic E-state index is 13.8. The van der Waals surface area contributed by atoms with Crippen LogP contribution >= 0.6 is 11.6 Å². The molecule has 0 bridgehead atoms. The number of amides is 4. The fraction of sp³-hybridized carbons (Fsp3) is 0.167. The molecule has 2 N–H and O–H groups in total. The Morgan fingerprint density at radius 2 is 1.68 bits per heavy atom. The highest BCUT2D eigenvalue weighted by atomic mass is 35.5. The number of imide groups is 1. The monoisotopic (exact) mass is 411 g/mol. The van der Waals surface area contributed by atoms with Crippen molar-refractivity contribution in [3.05, 3.63) is 70.7 Å². The Balaban J connectivity index is 1.91. The van der Waals surface area contributed by atoms with Crippen LogP contribution < -0.4 is 10.6 Å². The lowest BCUT2D eigenvalue weighted by Gasteiger charge is -2.29. The highest BCUT2D eigenvalue weighted by molar-refractivity contribution is 6.30. The van der Waals surface area contributed by atoms with Gasteiger partial charge in [0.1, 0.15) is 0 Å². The predicted octanol–water partition coefficient (Wildman–Crippen LogP) is 3.08. The van der Waals surface area contributed by atoms with Gasteiger partial charge in [-0.2, -0.15) is 13.2 Å². The van der Waals surface area contributed by atoms with Crippen molar-refractivity contribution < 1.29 is 27.6 Å². The first-order chi connectivity index (χ1) is 13.1. The Kier molecular flexibility index (Phi) is 5.03. The van der Waals surface area contributed by atoms with Crippen LogP contribution in [0, 0.1) is 0 Å². The number of nitrogens with one attached hydrogen (secondary N) is 2. The van der Waals surface area contributed by atoms with Crippen molar-refractivity contribution in [1.29, 1.82) is 0 Å². The van der Waals surface area contributed by atoms with E-state index in [1.165, 1.54) is 24.3 Å². The molecule has 0 aliphatic carbocycles. The molecule has 10 heteroatoms. The average Bonchev–Trinajstić information content (AvgIpc) is 2.88. The SMILES string of the molecule is O=C(N[C@]1(C(F)(F)F)NC(=O)N(Cc2ccccc2)C1=O)c1ccc(Cl)cc1. The van der Waals surface area contributed by atoms with Crippen molar-refractivity contribution >= 4 is 29.4 Å². The lowest BCUT2D eigenvalue weighted by atomic mass is 10.1. The fourth-order valence-corrected chi connectivity index (χ4v) is 2.80. The van der Waals surface area contributed by atoms with E-state index in [-0.39, 0.29) is 17.1 Å². The first kappa shape index (κ1) is 19.7. The van der Waals surface area contributed by atoms with E-state index in [1.807, 2.05) is 0 Å². The second-order valence-corrected chi connectivity index (χ2v) is 6.45. The van der Waals surface area contributed by atoms with Crippen LogP contribution in [-0.4, -0.2) is 34.6 Å². The number of hydrogen-bond acceptors (Lipinski definition) is 3. The molecule has 0 radical (unpaired) electrons. The smallest absolute Gasteiger partial charge is 0.314 e. The van der Waals surface area contributed by atoms with Gasteiger partial charge in [-0.3, -0.25) is 19.8 Å². The summed E-state index contributed by atoms with van der Waals surface area (Å²) in [6.45, 7) is -0.375. The molecular weight excluding hydrogens is 399 g/mol. The third-order valence-electron chi connectivity index (χ3n) is 4.12. The van der Waals surface area contributed by atoms with Gasteiger partial charge in [0.05, 0.1) is 6.54 Å². The van der Waals surface area contributed by atoms with Crippen LogP contribution in [0.4, 0.5) is 18.0 Å². The number of carbonyl (C=O) groups is 3. The van der Waals surface area contributed by atoms with Crippen LogP contribution in [0.1, 0.15) is 15.9 Å². The van der Waals surface area contributed by atoms with Crippen molar-refractivity contribution in [2.75, 3.05) is 0 Å². The minimum Gasteiger partial charge on any atom is -0.314 e. The molecule has 2 aromatic rings. The number of halogens is 4. The summed E-state index contributed by atoms with van der Waals surface area (Å²) >= 11 is 5.70. The van der Waals surface area contributed by atoms with Crippen LogP contribution in [0.5, 0.6) is 0 Å². The maximum atomic E-state index is 13.8. The summed E-state index contributed by atoms with van der Waals surface area (Å²) in [5.41, 5.74) is -3.26. The summed E-state index contributed by atoms with van der Waals surface area (Å²) in [6, 6.07) is 11.8. The van der Waals surface area contributed by atoms with Gasteiger partial charge < -0.3 is 5.32 Å². The maximum Gasteiger partial charge on any atom is 0.440 e. The molecule has 2 aromatic carbocycles. The van der Waals surface area contributed by atoms with Gasteiger partial charge in [-0.1, -0.05) is 41.9 Å². The fourth-order valence-electron chi connectivity index (χ4n) is 2.68. The third-order valence-corrected chi connectivity index (χ3v) is 4.37. The van der Waals surface area contributed by atoms with E-state index >= 15 is 0 Å². The van der Waals surface area contributed by atoms with Crippen molar-refractivity contribution in [1.82, 2.24) is 15.5 Å². The molecule has 0 unspecified atom stereocenters. The molecule has 146 valence electrons. The van der Waals surface area contributed by atoms with Gasteiger partial charge in [0.2, 0.25) is 0 Å². The van der Waals surface area contributed by atoms with Crippen LogP contribution in [0.25, 0.3) is 0 Å². The number of benzene rings is 2. The predicted molar refractivity (Wildman–Crippen MR) is 93.2 cm³/mol. The molecule has 1 aliphatic rings. The third kappa shape index (κ3) is 3.53. The molecule has 28 heavy (non-hydrogen) atoms. The van der Waals surface area contributed by atoms with E-state index in [0.717, 1.165) is 0 Å². The van der Waals surface area contributed by atoms with Crippen LogP contribution in [-0.2, 0) is 11.3 Å². The topological polar surface area (TPSA) is 78.5 Å². The summed E-state index contributed by atoms with van der Waals surface area (Å²) in [5, 5.41) is 3.51. The van der Waals surface area contributed by atoms with Crippen LogP contribution in [0.15, 0.2) is 54.6 Å². The molecule has 0 saturated carbocycles. The van der Waals surface area contributed by atoms with Gasteiger partial charge >= 0.3 is 12.2 Å². The lowest BCUT2D eigenvalue weighted by molar-refractivity contribution is -0.200. The van der Waals surface area contributed by atoms with E-state index in [9.17, 15) is 27.6 Å². The zero-order chi connectivity index (χ0) is 20.5. The number of carbonyl (C=O) groups excluding carboxylic acids is 3. The van der Waals surface area contributed by atoms with E-state index < -0.39 is 29.7 Å². The zero-order valence-corrected chi connectivity index (χ0v) is 14.8. The molecule has 1 aliphatic heterocycles. The Hall–Kier alpha value is -3.07. The van der Waals surface area contributed by atoms with Crippen LogP contribution in [0.2, 0.25) is 5.02 Å². The first-order valence-corrected chi connectivity index (χ1v) is 8.35. The Morgan fingerprint density at radius 3 is 2.25 bits per heavy atom. The number of rotatable bonds is 4. The second kappa shape index (κ2) is 7.16. The number of alkyl halides is 3. The minimum atomic E-state index is -5.27. The van der Waals surface area contributed by atoms with E-state index in [0.29, 0.717) is 10.5 Å². The highest BCUT2D eigenvalue weighted by Gasteiger charge is 2.68. The first-order valence-electron chi connectivity index (χ1n) is 7.97. The van der Waals surface area contributed by atoms with Crippen molar-refractivity contribution in [2.45, 2.75) is 18.4 Å². The van der Waals surface area contributed by atoms with Gasteiger partial charge in [0.25, 0.3) is 17.5 Å². The highest BCUT2D eigenvalue weighted by Crippen LogP contribution is 2.34. The van der Waals surface area contributed by atoms with Crippen LogP contribution in [0.3, 0.4) is 0 Å². The van der Waals surface area contributed by atoms with Crippen molar-refractivity contribution in [3.8, 4) is 0 Å². The molecule has 6 nitrogen and oxygen atoms in total. The summed E-state index contributed by atoms with van der Waals surface area (Å²) in [5.74, 6) is -2.81. The standard InChI is InChI=1S/C18H13ClF3N3O3/c19-13-8-6-12(7-9-13)14(26)23-17(18(20,21)22)15(27)25(16(28)24-17)10-11-4-2-1-3-5-11/h1-9H,10H2,(H,23,26)(H,24,28)/t17-/m0/s1. The molecule has 1 atom stereocenters. The molecular formula is C18H13ClF3N3O3. The zero-order valence-electron chi connectivity index (χ0n) is 14.1. The summed E-state index contributed by atoms with van der Waals surface area (Å²) in [6.07, 6.45) is -5.27. The Bertz CT molecular complexity index is 919. The number of hydrogen-bond donors (Lipinski definition) is 2. The molecule has 1 fully saturated rings. The summed E-state index contributed by atoms with van der Waals surface area (Å²) in [7, 11) is 0. The largest absolute Gasteiger partial charge is 0.440 e.